The van der Waals surface area contributed by atoms with Crippen LogP contribution in [0.4, 0.5) is 0 Å². The Hall–Kier alpha value is -3.68. The van der Waals surface area contributed by atoms with Crippen LogP contribution in [0.2, 0.25) is 0 Å². The molecule has 1 aromatic heterocycles. The van der Waals surface area contributed by atoms with E-state index in [4.69, 9.17) is 4.74 Å². The molecule has 0 spiro atoms. The Morgan fingerprint density at radius 2 is 1.66 bits per heavy atom. The van der Waals surface area contributed by atoms with E-state index in [1.54, 1.807) is 18.1 Å². The fourth-order valence-corrected chi connectivity index (χ4v) is 3.85. The zero-order valence-electron chi connectivity index (χ0n) is 18.2. The average molecular weight is 434 g/mol. The van der Waals surface area contributed by atoms with Crippen LogP contribution in [0.3, 0.4) is 0 Å². The summed E-state index contributed by atoms with van der Waals surface area (Å²) >= 11 is 0. The van der Waals surface area contributed by atoms with Crippen molar-refractivity contribution in [3.8, 4) is 11.4 Å². The predicted octanol–water partition coefficient (Wildman–Crippen LogP) is 2.58. The maximum absolute atomic E-state index is 13.0. The summed E-state index contributed by atoms with van der Waals surface area (Å²) in [7, 11) is 1.64. The number of nitrogens with zero attached hydrogens (tertiary/aromatic N) is 5. The standard InChI is InChI=1S/C24H27N5O3/c1-32-22-10-3-19(4-11-22)5-12-23(30)27-13-2-14-28(16-15-27)24(31)20-6-8-21(9-7-20)29-18-25-17-26-29/h3-4,6-11,17-18H,2,5,12-16H2,1H3. The second-order valence-electron chi connectivity index (χ2n) is 7.76. The molecule has 4 rings (SSSR count). The van der Waals surface area contributed by atoms with Gasteiger partial charge in [0.1, 0.15) is 18.4 Å². The predicted molar refractivity (Wildman–Crippen MR) is 120 cm³/mol. The van der Waals surface area contributed by atoms with Crippen LogP contribution in [0, 0.1) is 0 Å². The van der Waals surface area contributed by atoms with Crippen molar-refractivity contribution in [2.24, 2.45) is 0 Å². The summed E-state index contributed by atoms with van der Waals surface area (Å²) in [5.41, 5.74) is 2.59. The van der Waals surface area contributed by atoms with Crippen molar-refractivity contribution in [1.29, 1.82) is 0 Å². The fourth-order valence-electron chi connectivity index (χ4n) is 3.85. The Morgan fingerprint density at radius 3 is 2.34 bits per heavy atom. The number of carbonyl (C=O) groups is 2. The summed E-state index contributed by atoms with van der Waals surface area (Å²) < 4.78 is 6.82. The van der Waals surface area contributed by atoms with E-state index in [-0.39, 0.29) is 11.8 Å². The minimum Gasteiger partial charge on any atom is -0.497 e. The number of methoxy groups -OCH3 is 1. The number of rotatable bonds is 6. The fraction of sp³-hybridized carbons (Fsp3) is 0.333. The highest BCUT2D eigenvalue weighted by atomic mass is 16.5. The van der Waals surface area contributed by atoms with E-state index in [1.807, 2.05) is 58.3 Å². The second kappa shape index (κ2) is 10.1. The van der Waals surface area contributed by atoms with E-state index in [0.29, 0.717) is 44.6 Å². The van der Waals surface area contributed by atoms with Gasteiger partial charge in [-0.15, -0.1) is 0 Å². The number of aryl methyl sites for hydroxylation is 1. The van der Waals surface area contributed by atoms with Gasteiger partial charge >= 0.3 is 0 Å². The molecule has 2 aromatic carbocycles. The minimum atomic E-state index is -0.0114. The van der Waals surface area contributed by atoms with Crippen molar-refractivity contribution in [2.45, 2.75) is 19.3 Å². The summed E-state index contributed by atoms with van der Waals surface area (Å²) in [6.45, 7) is 2.42. The molecule has 0 unspecified atom stereocenters. The zero-order chi connectivity index (χ0) is 22.3. The first-order valence-corrected chi connectivity index (χ1v) is 10.8. The number of benzene rings is 2. The van der Waals surface area contributed by atoms with Gasteiger partial charge in [0.25, 0.3) is 5.91 Å². The molecular formula is C24H27N5O3. The topological polar surface area (TPSA) is 80.6 Å². The van der Waals surface area contributed by atoms with E-state index in [9.17, 15) is 9.59 Å². The molecule has 0 aliphatic carbocycles. The first-order chi connectivity index (χ1) is 15.6. The van der Waals surface area contributed by atoms with E-state index in [2.05, 4.69) is 10.1 Å². The molecule has 0 saturated carbocycles. The lowest BCUT2D eigenvalue weighted by Crippen LogP contribution is -2.37. The highest BCUT2D eigenvalue weighted by Gasteiger charge is 2.22. The quantitative estimate of drug-likeness (QED) is 0.597. The van der Waals surface area contributed by atoms with Crippen molar-refractivity contribution >= 4 is 11.8 Å². The Balaban J connectivity index is 1.30. The Morgan fingerprint density at radius 1 is 0.938 bits per heavy atom. The molecule has 1 aliphatic heterocycles. The summed E-state index contributed by atoms with van der Waals surface area (Å²) in [6.07, 6.45) is 5.02. The van der Waals surface area contributed by atoms with Gasteiger partial charge in [-0.1, -0.05) is 12.1 Å². The second-order valence-corrected chi connectivity index (χ2v) is 7.76. The average Bonchev–Trinajstić information content (AvgIpc) is 3.27. The smallest absolute Gasteiger partial charge is 0.253 e. The van der Waals surface area contributed by atoms with Crippen LogP contribution in [0.1, 0.15) is 28.8 Å². The largest absolute Gasteiger partial charge is 0.497 e. The molecule has 1 saturated heterocycles. The Labute approximate surface area is 187 Å². The number of aromatic nitrogens is 3. The van der Waals surface area contributed by atoms with E-state index in [1.165, 1.54) is 6.33 Å². The molecule has 2 heterocycles. The van der Waals surface area contributed by atoms with Crippen molar-refractivity contribution in [3.63, 3.8) is 0 Å². The van der Waals surface area contributed by atoms with E-state index in [0.717, 1.165) is 23.4 Å². The van der Waals surface area contributed by atoms with Gasteiger partial charge in [-0.05, 0) is 54.8 Å². The molecule has 1 fully saturated rings. The van der Waals surface area contributed by atoms with Gasteiger partial charge in [0, 0.05) is 38.2 Å². The maximum atomic E-state index is 13.0. The lowest BCUT2D eigenvalue weighted by molar-refractivity contribution is -0.131. The minimum absolute atomic E-state index is 0.0114. The number of ether oxygens (including phenoxy) is 1. The normalized spacial score (nSPS) is 14.2. The van der Waals surface area contributed by atoms with Gasteiger partial charge in [0.2, 0.25) is 5.91 Å². The lowest BCUT2D eigenvalue weighted by Gasteiger charge is -2.22. The molecule has 1 aliphatic rings. The van der Waals surface area contributed by atoms with Gasteiger partial charge in [-0.25, -0.2) is 9.67 Å². The molecule has 0 bridgehead atoms. The molecule has 166 valence electrons. The lowest BCUT2D eigenvalue weighted by atomic mass is 10.1. The Kier molecular flexibility index (Phi) is 6.79. The zero-order valence-corrected chi connectivity index (χ0v) is 18.2. The molecule has 0 N–H and O–H groups in total. The third-order valence-corrected chi connectivity index (χ3v) is 5.72. The first kappa shape index (κ1) is 21.5. The molecule has 0 radical (unpaired) electrons. The van der Waals surface area contributed by atoms with Gasteiger partial charge in [-0.2, -0.15) is 5.10 Å². The molecule has 3 aromatic rings. The highest BCUT2D eigenvalue weighted by Crippen LogP contribution is 2.15. The van der Waals surface area contributed by atoms with Crippen LogP contribution in [0.25, 0.3) is 5.69 Å². The number of hydrogen-bond acceptors (Lipinski definition) is 5. The van der Waals surface area contributed by atoms with Gasteiger partial charge in [0.05, 0.1) is 12.8 Å². The monoisotopic (exact) mass is 433 g/mol. The van der Waals surface area contributed by atoms with Crippen LogP contribution < -0.4 is 4.74 Å². The third kappa shape index (κ3) is 5.14. The maximum Gasteiger partial charge on any atom is 0.253 e. The summed E-state index contributed by atoms with van der Waals surface area (Å²) in [6, 6.07) is 15.1. The Bertz CT molecular complexity index is 1030. The highest BCUT2D eigenvalue weighted by molar-refractivity contribution is 5.94. The first-order valence-electron chi connectivity index (χ1n) is 10.8. The molecule has 32 heavy (non-hydrogen) atoms. The van der Waals surface area contributed by atoms with Crippen molar-refractivity contribution in [2.75, 3.05) is 33.3 Å². The van der Waals surface area contributed by atoms with Crippen molar-refractivity contribution in [1.82, 2.24) is 24.6 Å². The van der Waals surface area contributed by atoms with E-state index >= 15 is 0 Å². The van der Waals surface area contributed by atoms with Gasteiger partial charge in [0.15, 0.2) is 0 Å². The van der Waals surface area contributed by atoms with Crippen LogP contribution in [0.5, 0.6) is 5.75 Å². The molecule has 0 atom stereocenters. The summed E-state index contributed by atoms with van der Waals surface area (Å²) in [5, 5.41) is 4.10. The number of hydrogen-bond donors (Lipinski definition) is 0. The third-order valence-electron chi connectivity index (χ3n) is 5.72. The molecular weight excluding hydrogens is 406 g/mol. The number of amides is 2. The summed E-state index contributed by atoms with van der Waals surface area (Å²) in [4.78, 5) is 33.3. The van der Waals surface area contributed by atoms with Crippen molar-refractivity contribution < 1.29 is 14.3 Å². The molecule has 8 nitrogen and oxygen atoms in total. The molecule has 8 heteroatoms. The van der Waals surface area contributed by atoms with Crippen LogP contribution in [-0.2, 0) is 11.2 Å². The van der Waals surface area contributed by atoms with E-state index < -0.39 is 0 Å². The van der Waals surface area contributed by atoms with Gasteiger partial charge < -0.3 is 14.5 Å². The van der Waals surface area contributed by atoms with Crippen LogP contribution in [-0.4, -0.2) is 69.7 Å². The number of carbonyl (C=O) groups excluding carboxylic acids is 2. The van der Waals surface area contributed by atoms with Gasteiger partial charge in [-0.3, -0.25) is 9.59 Å². The SMILES string of the molecule is COc1ccc(CCC(=O)N2CCCN(C(=O)c3ccc(-n4cncn4)cc3)CC2)cc1. The summed E-state index contributed by atoms with van der Waals surface area (Å²) in [5.74, 6) is 0.931. The van der Waals surface area contributed by atoms with Crippen molar-refractivity contribution in [3.05, 3.63) is 72.3 Å². The van der Waals surface area contributed by atoms with Crippen LogP contribution in [0.15, 0.2) is 61.2 Å². The van der Waals surface area contributed by atoms with Crippen LogP contribution >= 0.6 is 0 Å². The molecule has 2 amide bonds.